The first-order valence-electron chi connectivity index (χ1n) is 12.3. The Labute approximate surface area is 231 Å². The Morgan fingerprint density at radius 2 is 1.84 bits per heavy atom. The SMILES string of the molecule is COc1cc2c(cc1Nc1ncc(Br)c(Nc3ccc4nccnc4c3P(C)(C)=O)n1)CCN(C)C2(C)C. The van der Waals surface area contributed by atoms with E-state index in [1.54, 1.807) is 39.0 Å². The van der Waals surface area contributed by atoms with Gasteiger partial charge in [0.25, 0.3) is 0 Å². The number of hydrogen-bond acceptors (Lipinski definition) is 9. The molecule has 1 aliphatic rings. The molecule has 0 spiro atoms. The van der Waals surface area contributed by atoms with Gasteiger partial charge in [-0.1, -0.05) is 0 Å². The van der Waals surface area contributed by atoms with Crippen LogP contribution in [0.1, 0.15) is 25.0 Å². The molecule has 0 atom stereocenters. The van der Waals surface area contributed by atoms with Crippen molar-refractivity contribution in [1.82, 2.24) is 24.8 Å². The molecule has 0 fully saturated rings. The molecule has 0 amide bonds. The highest BCUT2D eigenvalue weighted by Crippen LogP contribution is 2.42. The molecule has 4 aromatic rings. The third-order valence-electron chi connectivity index (χ3n) is 7.15. The summed E-state index contributed by atoms with van der Waals surface area (Å²) in [5.74, 6) is 1.65. The summed E-state index contributed by atoms with van der Waals surface area (Å²) in [7, 11) is 1.10. The number of likely N-dealkylation sites (N-methyl/N-ethyl adjacent to an activating group) is 1. The molecule has 0 radical (unpaired) electrons. The number of nitrogens with zero attached hydrogens (tertiary/aromatic N) is 5. The van der Waals surface area contributed by atoms with E-state index in [2.05, 4.69) is 79.4 Å². The molecule has 2 N–H and O–H groups in total. The maximum atomic E-state index is 13.3. The van der Waals surface area contributed by atoms with E-state index >= 15 is 0 Å². The largest absolute Gasteiger partial charge is 0.495 e. The van der Waals surface area contributed by atoms with Gasteiger partial charge in [0.2, 0.25) is 5.95 Å². The van der Waals surface area contributed by atoms with Gasteiger partial charge in [-0.3, -0.25) is 14.9 Å². The smallest absolute Gasteiger partial charge is 0.229 e. The molecule has 2 aromatic carbocycles. The predicted molar refractivity (Wildman–Crippen MR) is 157 cm³/mol. The average molecular weight is 596 g/mol. The summed E-state index contributed by atoms with van der Waals surface area (Å²) in [5, 5.41) is 7.32. The molecule has 0 bridgehead atoms. The number of fused-ring (bicyclic) bond motifs is 2. The van der Waals surface area contributed by atoms with Gasteiger partial charge >= 0.3 is 0 Å². The lowest BCUT2D eigenvalue weighted by atomic mass is 9.83. The van der Waals surface area contributed by atoms with Crippen molar-refractivity contribution in [2.24, 2.45) is 0 Å². The average Bonchev–Trinajstić information content (AvgIpc) is 2.87. The minimum atomic E-state index is -2.72. The van der Waals surface area contributed by atoms with Crippen LogP contribution in [0, 0.1) is 0 Å². The fourth-order valence-electron chi connectivity index (χ4n) is 4.87. The lowest BCUT2D eigenvalue weighted by Gasteiger charge is -2.42. The Hall–Kier alpha value is -3.07. The monoisotopic (exact) mass is 595 g/mol. The Morgan fingerprint density at radius 3 is 2.58 bits per heavy atom. The molecular weight excluding hydrogens is 565 g/mol. The summed E-state index contributed by atoms with van der Waals surface area (Å²) in [6.45, 7) is 8.89. The maximum absolute atomic E-state index is 13.3. The van der Waals surface area contributed by atoms with E-state index < -0.39 is 7.14 Å². The van der Waals surface area contributed by atoms with E-state index in [1.807, 2.05) is 12.1 Å². The van der Waals surface area contributed by atoms with Crippen LogP contribution in [0.5, 0.6) is 5.75 Å². The second kappa shape index (κ2) is 9.91. The van der Waals surface area contributed by atoms with E-state index in [4.69, 9.17) is 9.72 Å². The second-order valence-corrected chi connectivity index (χ2v) is 14.3. The van der Waals surface area contributed by atoms with Crippen LogP contribution in [0.2, 0.25) is 0 Å². The molecule has 198 valence electrons. The van der Waals surface area contributed by atoms with Gasteiger partial charge in [-0.25, -0.2) is 4.98 Å². The first-order chi connectivity index (χ1) is 18.0. The van der Waals surface area contributed by atoms with Crippen LogP contribution >= 0.6 is 23.1 Å². The number of rotatable bonds is 6. The summed E-state index contributed by atoms with van der Waals surface area (Å²) >= 11 is 3.55. The Kier molecular flexibility index (Phi) is 6.92. The number of nitrogens with one attached hydrogen (secondary N) is 2. The second-order valence-electron chi connectivity index (χ2n) is 10.3. The van der Waals surface area contributed by atoms with Gasteiger partial charge in [0.1, 0.15) is 24.2 Å². The number of hydrogen-bond donors (Lipinski definition) is 2. The van der Waals surface area contributed by atoms with E-state index in [1.165, 1.54) is 11.1 Å². The zero-order valence-corrected chi connectivity index (χ0v) is 24.8. The minimum absolute atomic E-state index is 0.0927. The van der Waals surface area contributed by atoms with Gasteiger partial charge in [-0.2, -0.15) is 4.98 Å². The Morgan fingerprint density at radius 1 is 1.08 bits per heavy atom. The van der Waals surface area contributed by atoms with E-state index in [0.717, 1.165) is 24.4 Å². The standard InChI is InChI=1S/C27H31BrN7O2P/c1-27(2)17-14-22(37-4)21(13-16(17)9-12-35(27)3)33-26-31-15-18(28)25(34-26)32-20-8-7-19-23(30-11-10-29-19)24(20)38(5,6)36/h7-8,10-11,13-15H,9,12H2,1-6H3,(H2,31,32,33,34). The van der Waals surface area contributed by atoms with Crippen molar-refractivity contribution >= 4 is 62.6 Å². The maximum Gasteiger partial charge on any atom is 0.229 e. The Balaban J connectivity index is 1.51. The first kappa shape index (κ1) is 26.5. The number of anilines is 4. The van der Waals surface area contributed by atoms with Gasteiger partial charge in [0, 0.05) is 30.7 Å². The molecule has 0 saturated carbocycles. The fourth-order valence-corrected chi connectivity index (χ4v) is 6.55. The van der Waals surface area contributed by atoms with Crippen LogP contribution < -0.4 is 20.7 Å². The minimum Gasteiger partial charge on any atom is -0.495 e. The lowest BCUT2D eigenvalue weighted by Crippen LogP contribution is -2.44. The number of halogens is 1. The van der Waals surface area contributed by atoms with Crippen LogP contribution in [0.15, 0.2) is 47.3 Å². The lowest BCUT2D eigenvalue weighted by molar-refractivity contribution is 0.143. The van der Waals surface area contributed by atoms with Crippen molar-refractivity contribution in [3.63, 3.8) is 0 Å². The van der Waals surface area contributed by atoms with Crippen molar-refractivity contribution in [3.05, 3.63) is 58.5 Å². The molecular formula is C27H31BrN7O2P. The zero-order chi connectivity index (χ0) is 27.2. The number of methoxy groups -OCH3 is 1. The van der Waals surface area contributed by atoms with Crippen molar-refractivity contribution < 1.29 is 9.30 Å². The molecule has 0 aliphatic carbocycles. The molecule has 9 nitrogen and oxygen atoms in total. The number of benzene rings is 2. The molecule has 0 unspecified atom stereocenters. The number of ether oxygens (including phenoxy) is 1. The molecule has 38 heavy (non-hydrogen) atoms. The highest BCUT2D eigenvalue weighted by molar-refractivity contribution is 9.10. The van der Waals surface area contributed by atoms with Crippen molar-refractivity contribution in [1.29, 1.82) is 0 Å². The number of aromatic nitrogens is 4. The topological polar surface area (TPSA) is 105 Å². The fraction of sp³-hybridized carbons (Fsp3) is 0.333. The third kappa shape index (κ3) is 4.88. The van der Waals surface area contributed by atoms with Gasteiger partial charge in [0.05, 0.1) is 33.8 Å². The predicted octanol–water partition coefficient (Wildman–Crippen LogP) is 5.65. The summed E-state index contributed by atoms with van der Waals surface area (Å²) in [4.78, 5) is 20.4. The molecule has 11 heteroatoms. The van der Waals surface area contributed by atoms with Gasteiger partial charge in [-0.15, -0.1) is 0 Å². The van der Waals surface area contributed by atoms with Gasteiger partial charge in [0.15, 0.2) is 0 Å². The van der Waals surface area contributed by atoms with E-state index in [-0.39, 0.29) is 5.54 Å². The molecule has 3 heterocycles. The van der Waals surface area contributed by atoms with Gasteiger partial charge in [-0.05, 0) is 92.0 Å². The van der Waals surface area contributed by atoms with Gasteiger partial charge < -0.3 is 19.9 Å². The zero-order valence-electron chi connectivity index (χ0n) is 22.3. The highest BCUT2D eigenvalue weighted by Gasteiger charge is 2.33. The highest BCUT2D eigenvalue weighted by atomic mass is 79.9. The van der Waals surface area contributed by atoms with E-state index in [0.29, 0.717) is 38.3 Å². The quantitative estimate of drug-likeness (QED) is 0.273. The summed E-state index contributed by atoms with van der Waals surface area (Å²) in [5.41, 5.74) is 5.20. The van der Waals surface area contributed by atoms with E-state index in [9.17, 15) is 4.57 Å². The van der Waals surface area contributed by atoms with Crippen LogP contribution in [0.25, 0.3) is 11.0 Å². The van der Waals surface area contributed by atoms with Crippen LogP contribution in [0.3, 0.4) is 0 Å². The van der Waals surface area contributed by atoms with Crippen LogP contribution in [-0.2, 0) is 16.5 Å². The third-order valence-corrected chi connectivity index (χ3v) is 9.26. The summed E-state index contributed by atoms with van der Waals surface area (Å²) in [6.07, 6.45) is 5.87. The first-order valence-corrected chi connectivity index (χ1v) is 15.7. The van der Waals surface area contributed by atoms with Crippen molar-refractivity contribution in [2.45, 2.75) is 25.8 Å². The summed E-state index contributed by atoms with van der Waals surface area (Å²) in [6, 6.07) is 7.95. The summed E-state index contributed by atoms with van der Waals surface area (Å²) < 4.78 is 19.7. The van der Waals surface area contributed by atoms with Crippen LogP contribution in [-0.4, -0.2) is 58.9 Å². The molecule has 5 rings (SSSR count). The Bertz CT molecular complexity index is 1590. The van der Waals surface area contributed by atoms with Crippen molar-refractivity contribution in [3.8, 4) is 5.75 Å². The molecule has 1 aliphatic heterocycles. The van der Waals surface area contributed by atoms with Crippen molar-refractivity contribution in [2.75, 3.05) is 44.7 Å². The van der Waals surface area contributed by atoms with Crippen LogP contribution in [0.4, 0.5) is 23.1 Å². The molecule has 2 aromatic heterocycles. The normalized spacial score (nSPS) is 15.2. The molecule has 0 saturated heterocycles.